The van der Waals surface area contributed by atoms with Crippen LogP contribution < -0.4 is 5.32 Å². The SMILES string of the molecule is CC[C@H](NC(=O)c1ccc2ccccc2n1)C(=O)O. The van der Waals surface area contributed by atoms with Gasteiger partial charge in [0, 0.05) is 5.39 Å². The fraction of sp³-hybridized carbons (Fsp3) is 0.214. The van der Waals surface area contributed by atoms with Crippen LogP contribution >= 0.6 is 0 Å². The van der Waals surface area contributed by atoms with Crippen molar-refractivity contribution in [2.45, 2.75) is 19.4 Å². The van der Waals surface area contributed by atoms with Crippen molar-refractivity contribution in [1.82, 2.24) is 10.3 Å². The number of aromatic nitrogens is 1. The minimum atomic E-state index is -1.04. The Balaban J connectivity index is 2.24. The molecule has 1 atom stereocenters. The molecule has 0 saturated carbocycles. The van der Waals surface area contributed by atoms with Gasteiger partial charge in [0.15, 0.2) is 0 Å². The number of rotatable bonds is 4. The zero-order chi connectivity index (χ0) is 13.8. The molecule has 0 fully saturated rings. The van der Waals surface area contributed by atoms with Crippen LogP contribution in [0.25, 0.3) is 10.9 Å². The minimum absolute atomic E-state index is 0.221. The first-order valence-corrected chi connectivity index (χ1v) is 6.01. The summed E-state index contributed by atoms with van der Waals surface area (Å²) in [5.41, 5.74) is 0.928. The maximum atomic E-state index is 11.9. The zero-order valence-corrected chi connectivity index (χ0v) is 10.5. The van der Waals surface area contributed by atoms with Crippen LogP contribution in [0.2, 0.25) is 0 Å². The lowest BCUT2D eigenvalue weighted by atomic mass is 10.2. The second kappa shape index (κ2) is 5.48. The predicted octanol–water partition coefficient (Wildman–Crippen LogP) is 1.83. The average Bonchev–Trinajstić information content (AvgIpc) is 2.43. The van der Waals surface area contributed by atoms with Gasteiger partial charge in [0.05, 0.1) is 5.52 Å². The molecule has 0 aliphatic carbocycles. The smallest absolute Gasteiger partial charge is 0.326 e. The maximum absolute atomic E-state index is 11.9. The van der Waals surface area contributed by atoms with Crippen LogP contribution in [0.1, 0.15) is 23.8 Å². The van der Waals surface area contributed by atoms with Gasteiger partial charge in [0.25, 0.3) is 5.91 Å². The molecule has 1 aromatic heterocycles. The van der Waals surface area contributed by atoms with Crippen LogP contribution in [-0.2, 0) is 4.79 Å². The molecule has 0 spiro atoms. The van der Waals surface area contributed by atoms with Gasteiger partial charge < -0.3 is 10.4 Å². The number of para-hydroxylation sites is 1. The second-order valence-electron chi connectivity index (χ2n) is 4.16. The van der Waals surface area contributed by atoms with Crippen molar-refractivity contribution in [3.05, 3.63) is 42.1 Å². The van der Waals surface area contributed by atoms with Crippen LogP contribution in [0.15, 0.2) is 36.4 Å². The highest BCUT2D eigenvalue weighted by Gasteiger charge is 2.19. The van der Waals surface area contributed by atoms with Gasteiger partial charge in [-0.2, -0.15) is 0 Å². The van der Waals surface area contributed by atoms with Crippen LogP contribution in [-0.4, -0.2) is 28.0 Å². The zero-order valence-electron chi connectivity index (χ0n) is 10.5. The number of fused-ring (bicyclic) bond motifs is 1. The maximum Gasteiger partial charge on any atom is 0.326 e. The molecule has 0 radical (unpaired) electrons. The Morgan fingerprint density at radius 2 is 2.00 bits per heavy atom. The number of amides is 1. The van der Waals surface area contributed by atoms with E-state index in [2.05, 4.69) is 10.3 Å². The molecule has 0 saturated heterocycles. The van der Waals surface area contributed by atoms with E-state index < -0.39 is 17.9 Å². The van der Waals surface area contributed by atoms with Crippen LogP contribution in [0.3, 0.4) is 0 Å². The van der Waals surface area contributed by atoms with E-state index in [0.717, 1.165) is 5.39 Å². The Kier molecular flexibility index (Phi) is 3.75. The van der Waals surface area contributed by atoms with E-state index in [9.17, 15) is 9.59 Å². The normalized spacial score (nSPS) is 12.1. The van der Waals surface area contributed by atoms with Gasteiger partial charge in [0.1, 0.15) is 11.7 Å². The molecule has 19 heavy (non-hydrogen) atoms. The largest absolute Gasteiger partial charge is 0.480 e. The molecule has 0 aliphatic rings. The number of carbonyl (C=O) groups is 2. The van der Waals surface area contributed by atoms with Crippen molar-refractivity contribution in [3.63, 3.8) is 0 Å². The average molecular weight is 258 g/mol. The first-order valence-electron chi connectivity index (χ1n) is 6.01. The Morgan fingerprint density at radius 1 is 1.26 bits per heavy atom. The molecule has 2 aromatic rings. The lowest BCUT2D eigenvalue weighted by Crippen LogP contribution is -2.40. The van der Waals surface area contributed by atoms with E-state index in [1.54, 1.807) is 25.1 Å². The molecular formula is C14H14N2O3. The van der Waals surface area contributed by atoms with E-state index in [4.69, 9.17) is 5.11 Å². The third kappa shape index (κ3) is 2.88. The highest BCUT2D eigenvalue weighted by atomic mass is 16.4. The van der Waals surface area contributed by atoms with Gasteiger partial charge >= 0.3 is 5.97 Å². The van der Waals surface area contributed by atoms with Crippen molar-refractivity contribution >= 4 is 22.8 Å². The predicted molar refractivity (Wildman–Crippen MR) is 70.9 cm³/mol. The number of pyridine rings is 1. The molecule has 5 heteroatoms. The molecule has 0 bridgehead atoms. The Morgan fingerprint density at radius 3 is 2.68 bits per heavy atom. The Labute approximate surface area is 110 Å². The highest BCUT2D eigenvalue weighted by molar-refractivity contribution is 5.96. The van der Waals surface area contributed by atoms with Gasteiger partial charge in [0.2, 0.25) is 0 Å². The summed E-state index contributed by atoms with van der Waals surface area (Å²) in [5, 5.41) is 12.3. The quantitative estimate of drug-likeness (QED) is 0.876. The van der Waals surface area contributed by atoms with E-state index >= 15 is 0 Å². The third-order valence-electron chi connectivity index (χ3n) is 2.84. The van der Waals surface area contributed by atoms with E-state index in [-0.39, 0.29) is 5.69 Å². The summed E-state index contributed by atoms with van der Waals surface area (Å²) in [4.78, 5) is 27.0. The molecule has 0 unspecified atom stereocenters. The summed E-state index contributed by atoms with van der Waals surface area (Å²) in [6.07, 6.45) is 0.328. The summed E-state index contributed by atoms with van der Waals surface area (Å²) in [7, 11) is 0. The van der Waals surface area contributed by atoms with Crippen LogP contribution in [0.4, 0.5) is 0 Å². The summed E-state index contributed by atoms with van der Waals surface area (Å²) in [6, 6.07) is 9.92. The topological polar surface area (TPSA) is 79.3 Å². The van der Waals surface area contributed by atoms with Gasteiger partial charge in [-0.15, -0.1) is 0 Å². The van der Waals surface area contributed by atoms with Crippen molar-refractivity contribution in [2.24, 2.45) is 0 Å². The molecule has 2 N–H and O–H groups in total. The molecule has 1 amide bonds. The summed E-state index contributed by atoms with van der Waals surface area (Å²) in [6.45, 7) is 1.70. The van der Waals surface area contributed by atoms with Crippen molar-refractivity contribution < 1.29 is 14.7 Å². The van der Waals surface area contributed by atoms with Crippen molar-refractivity contribution in [1.29, 1.82) is 0 Å². The highest BCUT2D eigenvalue weighted by Crippen LogP contribution is 2.11. The van der Waals surface area contributed by atoms with Gasteiger partial charge in [-0.25, -0.2) is 9.78 Å². The number of nitrogens with zero attached hydrogens (tertiary/aromatic N) is 1. The summed E-state index contributed by atoms with van der Waals surface area (Å²) < 4.78 is 0. The molecular weight excluding hydrogens is 244 g/mol. The molecule has 0 aliphatic heterocycles. The number of carboxylic acid groups (broad SMARTS) is 1. The number of hydrogen-bond acceptors (Lipinski definition) is 3. The van der Waals surface area contributed by atoms with Gasteiger partial charge in [-0.05, 0) is 18.6 Å². The van der Waals surface area contributed by atoms with E-state index in [1.807, 2.05) is 18.2 Å². The third-order valence-corrected chi connectivity index (χ3v) is 2.84. The number of carbonyl (C=O) groups excluding carboxylic acids is 1. The fourth-order valence-corrected chi connectivity index (χ4v) is 1.76. The lowest BCUT2D eigenvalue weighted by Gasteiger charge is -2.11. The number of hydrogen-bond donors (Lipinski definition) is 2. The fourth-order valence-electron chi connectivity index (χ4n) is 1.76. The Hall–Kier alpha value is -2.43. The van der Waals surface area contributed by atoms with Crippen LogP contribution in [0.5, 0.6) is 0 Å². The number of carboxylic acids is 1. The number of benzene rings is 1. The van der Waals surface area contributed by atoms with Crippen molar-refractivity contribution in [3.8, 4) is 0 Å². The van der Waals surface area contributed by atoms with E-state index in [1.165, 1.54) is 0 Å². The lowest BCUT2D eigenvalue weighted by molar-refractivity contribution is -0.139. The molecule has 1 aromatic carbocycles. The standard InChI is InChI=1S/C14H14N2O3/c1-2-10(14(18)19)16-13(17)12-8-7-9-5-3-4-6-11(9)15-12/h3-8,10H,2H2,1H3,(H,16,17)(H,18,19)/t10-/m0/s1. The second-order valence-corrected chi connectivity index (χ2v) is 4.16. The summed E-state index contributed by atoms with van der Waals surface area (Å²) >= 11 is 0. The summed E-state index contributed by atoms with van der Waals surface area (Å²) in [5.74, 6) is -1.52. The molecule has 5 nitrogen and oxygen atoms in total. The number of nitrogens with one attached hydrogen (secondary N) is 1. The van der Waals surface area contributed by atoms with Crippen molar-refractivity contribution in [2.75, 3.05) is 0 Å². The monoisotopic (exact) mass is 258 g/mol. The van der Waals surface area contributed by atoms with Gasteiger partial charge in [-0.1, -0.05) is 31.2 Å². The molecule has 2 rings (SSSR count). The molecule has 98 valence electrons. The van der Waals surface area contributed by atoms with Gasteiger partial charge in [-0.3, -0.25) is 4.79 Å². The first kappa shape index (κ1) is 13.0. The van der Waals surface area contributed by atoms with E-state index in [0.29, 0.717) is 11.9 Å². The van der Waals surface area contributed by atoms with Crippen LogP contribution in [0, 0.1) is 0 Å². The first-order chi connectivity index (χ1) is 9.11. The minimum Gasteiger partial charge on any atom is -0.480 e. The number of aliphatic carboxylic acids is 1. The molecule has 1 heterocycles. The Bertz CT molecular complexity index is 625.